The highest BCUT2D eigenvalue weighted by atomic mass is 16.6. The maximum atomic E-state index is 11.1. The molecule has 16 nitrogen and oxygen atoms in total. The number of rotatable bonds is 8. The van der Waals surface area contributed by atoms with Crippen molar-refractivity contribution in [1.29, 1.82) is 0 Å². The van der Waals surface area contributed by atoms with Crippen LogP contribution in [0.4, 0.5) is 34.1 Å². The standard InChI is InChI=1S/C12H10N8O8/c13-16(10-4-2-8(18(23)24)6-12(10)20(27)28)15-14-9-3-1-7(17(21)22)5-11(9)19(25)26/h1-6,14-15H,13H2. The van der Waals surface area contributed by atoms with Crippen LogP contribution in [-0.4, -0.2) is 19.7 Å². The normalized spacial score (nSPS) is 10.2. The molecule has 0 unspecified atom stereocenters. The second-order valence-electron chi connectivity index (χ2n) is 5.01. The maximum Gasteiger partial charge on any atom is 0.302 e. The number of hydrogen-bond donors (Lipinski definition) is 3. The van der Waals surface area contributed by atoms with E-state index >= 15 is 0 Å². The Kier molecular flexibility index (Phi) is 5.57. The number of nitrogens with zero attached hydrogens (tertiary/aromatic N) is 5. The third-order valence-corrected chi connectivity index (χ3v) is 3.33. The van der Waals surface area contributed by atoms with Crippen LogP contribution in [0.15, 0.2) is 36.4 Å². The molecule has 146 valence electrons. The summed E-state index contributed by atoms with van der Waals surface area (Å²) in [5.74, 6) is 5.62. The van der Waals surface area contributed by atoms with Crippen molar-refractivity contribution in [2.24, 2.45) is 5.84 Å². The predicted octanol–water partition coefficient (Wildman–Crippen LogP) is 1.53. The first-order chi connectivity index (χ1) is 13.1. The van der Waals surface area contributed by atoms with E-state index in [2.05, 4.69) is 11.0 Å². The van der Waals surface area contributed by atoms with Crippen molar-refractivity contribution >= 4 is 34.1 Å². The zero-order valence-corrected chi connectivity index (χ0v) is 13.5. The quantitative estimate of drug-likeness (QED) is 0.329. The van der Waals surface area contributed by atoms with Gasteiger partial charge >= 0.3 is 11.4 Å². The summed E-state index contributed by atoms with van der Waals surface area (Å²) in [5.41, 5.74) is 1.56. The van der Waals surface area contributed by atoms with Crippen LogP contribution in [0.5, 0.6) is 0 Å². The van der Waals surface area contributed by atoms with Gasteiger partial charge in [-0.25, -0.2) is 11.0 Å². The van der Waals surface area contributed by atoms with Gasteiger partial charge in [0, 0.05) is 12.1 Å². The lowest BCUT2D eigenvalue weighted by atomic mass is 10.2. The smallest absolute Gasteiger partial charge is 0.296 e. The molecule has 0 amide bonds. The third kappa shape index (κ3) is 4.20. The van der Waals surface area contributed by atoms with Crippen LogP contribution >= 0.6 is 0 Å². The fraction of sp³-hybridized carbons (Fsp3) is 0. The lowest BCUT2D eigenvalue weighted by Gasteiger charge is -2.20. The van der Waals surface area contributed by atoms with Crippen LogP contribution in [0.25, 0.3) is 0 Å². The second kappa shape index (κ2) is 7.85. The highest BCUT2D eigenvalue weighted by Crippen LogP contribution is 2.31. The van der Waals surface area contributed by atoms with Crippen molar-refractivity contribution in [3.8, 4) is 0 Å². The molecule has 0 aliphatic carbocycles. The number of non-ortho nitro benzene ring substituents is 2. The van der Waals surface area contributed by atoms with Crippen molar-refractivity contribution < 1.29 is 19.7 Å². The van der Waals surface area contributed by atoms with E-state index in [9.17, 15) is 40.5 Å². The third-order valence-electron chi connectivity index (χ3n) is 3.33. The zero-order chi connectivity index (χ0) is 21.0. The summed E-state index contributed by atoms with van der Waals surface area (Å²) >= 11 is 0. The van der Waals surface area contributed by atoms with E-state index in [0.29, 0.717) is 17.3 Å². The first-order valence-electron chi connectivity index (χ1n) is 7.04. The Bertz CT molecular complexity index is 980. The molecule has 0 spiro atoms. The van der Waals surface area contributed by atoms with E-state index in [4.69, 9.17) is 5.84 Å². The highest BCUT2D eigenvalue weighted by molar-refractivity contribution is 5.67. The number of nitro benzene ring substituents is 4. The van der Waals surface area contributed by atoms with Crippen molar-refractivity contribution in [3.05, 3.63) is 76.9 Å². The molecule has 0 atom stereocenters. The summed E-state index contributed by atoms with van der Waals surface area (Å²) in [7, 11) is 0. The highest BCUT2D eigenvalue weighted by Gasteiger charge is 2.24. The predicted molar refractivity (Wildman–Crippen MR) is 92.9 cm³/mol. The van der Waals surface area contributed by atoms with Crippen LogP contribution in [0.3, 0.4) is 0 Å². The summed E-state index contributed by atoms with van der Waals surface area (Å²) < 4.78 is 0. The Morgan fingerprint density at radius 1 is 0.750 bits per heavy atom. The molecule has 0 saturated carbocycles. The van der Waals surface area contributed by atoms with Gasteiger partial charge in [-0.1, -0.05) is 0 Å². The van der Waals surface area contributed by atoms with Gasteiger partial charge in [0.2, 0.25) is 0 Å². The van der Waals surface area contributed by atoms with E-state index in [-0.39, 0.29) is 11.4 Å². The topological polar surface area (TPSA) is 226 Å². The van der Waals surface area contributed by atoms with Crippen LogP contribution in [0.2, 0.25) is 0 Å². The van der Waals surface area contributed by atoms with E-state index < -0.39 is 42.4 Å². The van der Waals surface area contributed by atoms with Gasteiger partial charge in [-0.05, 0) is 12.1 Å². The van der Waals surface area contributed by atoms with E-state index in [1.54, 1.807) is 0 Å². The Morgan fingerprint density at radius 3 is 1.75 bits per heavy atom. The molecule has 0 aliphatic rings. The number of nitro groups is 4. The largest absolute Gasteiger partial charge is 0.302 e. The SMILES string of the molecule is NN(NNc1ccc([N+](=O)[O-])cc1[N+](=O)[O-])c1ccc([N+](=O)[O-])cc1[N+](=O)[O-]. The van der Waals surface area contributed by atoms with Crippen molar-refractivity contribution in [1.82, 2.24) is 5.53 Å². The summed E-state index contributed by atoms with van der Waals surface area (Å²) in [6.07, 6.45) is 0. The average molecular weight is 394 g/mol. The first-order valence-corrected chi connectivity index (χ1v) is 7.04. The Hall–Kier alpha value is -4.44. The van der Waals surface area contributed by atoms with Gasteiger partial charge < -0.3 is 0 Å². The molecule has 0 radical (unpaired) electrons. The summed E-state index contributed by atoms with van der Waals surface area (Å²) in [6, 6.07) is 5.38. The van der Waals surface area contributed by atoms with Gasteiger partial charge in [0.1, 0.15) is 11.4 Å². The van der Waals surface area contributed by atoms with Gasteiger partial charge in [0.25, 0.3) is 11.4 Å². The molecule has 2 aromatic carbocycles. The molecule has 0 heterocycles. The van der Waals surface area contributed by atoms with E-state index in [1.165, 1.54) is 0 Å². The van der Waals surface area contributed by atoms with Crippen molar-refractivity contribution in [2.75, 3.05) is 10.5 Å². The van der Waals surface area contributed by atoms with Crippen molar-refractivity contribution in [2.45, 2.75) is 0 Å². The lowest BCUT2D eigenvalue weighted by molar-refractivity contribution is -0.393. The number of benzene rings is 2. The summed E-state index contributed by atoms with van der Waals surface area (Å²) in [5, 5.41) is 44.2. The number of hydrogen-bond acceptors (Lipinski definition) is 12. The van der Waals surface area contributed by atoms with Crippen LogP contribution in [0.1, 0.15) is 0 Å². The summed E-state index contributed by atoms with van der Waals surface area (Å²) in [4.78, 5) is 40.2. The van der Waals surface area contributed by atoms with Crippen LogP contribution < -0.4 is 21.9 Å². The molecule has 16 heteroatoms. The van der Waals surface area contributed by atoms with Crippen molar-refractivity contribution in [3.63, 3.8) is 0 Å². The Balaban J connectivity index is 2.28. The molecule has 0 aromatic heterocycles. The van der Waals surface area contributed by atoms with Gasteiger partial charge in [0.15, 0.2) is 0 Å². The summed E-state index contributed by atoms with van der Waals surface area (Å²) in [6.45, 7) is 0. The minimum atomic E-state index is -0.905. The molecule has 28 heavy (non-hydrogen) atoms. The van der Waals surface area contributed by atoms with Gasteiger partial charge in [-0.2, -0.15) is 0 Å². The molecular weight excluding hydrogens is 384 g/mol. The fourth-order valence-corrected chi connectivity index (χ4v) is 2.05. The monoisotopic (exact) mass is 394 g/mol. The first kappa shape index (κ1) is 19.9. The number of hydrazine groups is 3. The Labute approximate surface area is 153 Å². The number of anilines is 2. The molecule has 0 fully saturated rings. The van der Waals surface area contributed by atoms with Crippen LogP contribution in [0, 0.1) is 40.5 Å². The minimum absolute atomic E-state index is 0.226. The fourth-order valence-electron chi connectivity index (χ4n) is 2.05. The molecule has 2 aromatic rings. The molecular formula is C12H10N8O8. The maximum absolute atomic E-state index is 11.1. The second-order valence-corrected chi connectivity index (χ2v) is 5.01. The molecule has 0 aliphatic heterocycles. The van der Waals surface area contributed by atoms with E-state index in [1.807, 2.05) is 0 Å². The van der Waals surface area contributed by atoms with E-state index in [0.717, 1.165) is 24.3 Å². The number of nitrogens with one attached hydrogen (secondary N) is 2. The van der Waals surface area contributed by atoms with Gasteiger partial charge in [-0.15, -0.1) is 5.53 Å². The zero-order valence-electron chi connectivity index (χ0n) is 13.5. The average Bonchev–Trinajstić information content (AvgIpc) is 2.65. The Morgan fingerprint density at radius 2 is 1.25 bits per heavy atom. The van der Waals surface area contributed by atoms with Gasteiger partial charge in [0.05, 0.1) is 31.8 Å². The van der Waals surface area contributed by atoms with Gasteiger partial charge in [-0.3, -0.25) is 45.9 Å². The molecule has 2 rings (SSSR count). The molecule has 0 saturated heterocycles. The minimum Gasteiger partial charge on any atom is -0.296 e. The number of nitrogens with two attached hydrogens (primary N) is 1. The van der Waals surface area contributed by atoms with Crippen LogP contribution in [-0.2, 0) is 0 Å². The molecule has 0 bridgehead atoms. The molecule has 4 N–H and O–H groups in total. The lowest BCUT2D eigenvalue weighted by Crippen LogP contribution is -2.47.